The average molecular weight is 231 g/mol. The van der Waals surface area contributed by atoms with Crippen molar-refractivity contribution in [3.8, 4) is 0 Å². The Morgan fingerprint density at radius 1 is 0.941 bits per heavy atom. The van der Waals surface area contributed by atoms with Crippen molar-refractivity contribution in [3.63, 3.8) is 0 Å². The minimum atomic E-state index is 1.19. The quantitative estimate of drug-likeness (QED) is 0.734. The molecule has 2 rings (SSSR count). The smallest absolute Gasteiger partial charge is 0.0369 e. The summed E-state index contributed by atoms with van der Waals surface area (Å²) < 4.78 is 0. The number of rotatable bonds is 5. The van der Waals surface area contributed by atoms with E-state index in [0.29, 0.717) is 0 Å². The van der Waals surface area contributed by atoms with Crippen molar-refractivity contribution >= 4 is 5.69 Å². The molecule has 0 saturated carbocycles. The van der Waals surface area contributed by atoms with E-state index in [-0.39, 0.29) is 0 Å². The maximum Gasteiger partial charge on any atom is 0.0369 e. The zero-order valence-electron chi connectivity index (χ0n) is 11.3. The normalized spacial score (nSPS) is 14.5. The van der Waals surface area contributed by atoms with Gasteiger partial charge in [-0.25, -0.2) is 0 Å². The van der Waals surface area contributed by atoms with E-state index in [0.717, 1.165) is 0 Å². The van der Waals surface area contributed by atoms with Crippen molar-refractivity contribution in [2.24, 2.45) is 0 Å². The van der Waals surface area contributed by atoms with E-state index in [4.69, 9.17) is 0 Å². The Labute approximate surface area is 106 Å². The molecule has 0 aromatic heterocycles. The largest absolute Gasteiger partial charge is 0.372 e. The van der Waals surface area contributed by atoms with Crippen molar-refractivity contribution in [1.82, 2.24) is 0 Å². The topological polar surface area (TPSA) is 3.24 Å². The van der Waals surface area contributed by atoms with E-state index in [9.17, 15) is 0 Å². The van der Waals surface area contributed by atoms with Crippen molar-refractivity contribution in [2.45, 2.75) is 52.4 Å². The summed E-state index contributed by atoms with van der Waals surface area (Å²) in [4.78, 5) is 2.54. The third kappa shape index (κ3) is 3.02. The number of hydrogen-bond donors (Lipinski definition) is 0. The lowest BCUT2D eigenvalue weighted by Crippen LogP contribution is -2.25. The van der Waals surface area contributed by atoms with E-state index in [1.807, 2.05) is 0 Å². The summed E-state index contributed by atoms with van der Waals surface area (Å²) in [5.74, 6) is 0. The van der Waals surface area contributed by atoms with Crippen molar-refractivity contribution in [2.75, 3.05) is 18.0 Å². The van der Waals surface area contributed by atoms with Crippen LogP contribution in [0.15, 0.2) is 18.2 Å². The van der Waals surface area contributed by atoms with Gasteiger partial charge in [0, 0.05) is 18.8 Å². The Kier molecular flexibility index (Phi) is 4.47. The molecule has 1 nitrogen and oxygen atoms in total. The fourth-order valence-corrected chi connectivity index (χ4v) is 2.83. The molecule has 17 heavy (non-hydrogen) atoms. The van der Waals surface area contributed by atoms with Gasteiger partial charge in [-0.15, -0.1) is 0 Å². The van der Waals surface area contributed by atoms with Gasteiger partial charge in [-0.3, -0.25) is 0 Å². The third-order valence-corrected chi connectivity index (χ3v) is 3.68. The molecule has 0 saturated heterocycles. The maximum absolute atomic E-state index is 2.54. The summed E-state index contributed by atoms with van der Waals surface area (Å²) in [6.07, 6.45) is 7.79. The van der Waals surface area contributed by atoms with E-state index in [1.54, 1.807) is 11.1 Å². The van der Waals surface area contributed by atoms with Gasteiger partial charge < -0.3 is 4.90 Å². The second-order valence-corrected chi connectivity index (χ2v) is 5.15. The number of fused-ring (bicyclic) bond motifs is 1. The standard InChI is InChI=1S/C16H25N/c1-3-11-17(12-4-2)16-10-9-14-7-5-6-8-15(14)13-16/h9-10,13H,3-8,11-12H2,1-2H3. The number of nitrogens with zero attached hydrogens (tertiary/aromatic N) is 1. The van der Waals surface area contributed by atoms with Gasteiger partial charge in [-0.2, -0.15) is 0 Å². The summed E-state index contributed by atoms with van der Waals surface area (Å²) in [5.41, 5.74) is 4.63. The highest BCUT2D eigenvalue weighted by Gasteiger charge is 2.11. The third-order valence-electron chi connectivity index (χ3n) is 3.68. The molecule has 0 heterocycles. The first-order chi connectivity index (χ1) is 8.35. The second-order valence-electron chi connectivity index (χ2n) is 5.15. The molecular formula is C16H25N. The van der Waals surface area contributed by atoms with Crippen LogP contribution in [0.4, 0.5) is 5.69 Å². The molecule has 0 bridgehead atoms. The zero-order chi connectivity index (χ0) is 12.1. The molecule has 0 unspecified atom stereocenters. The highest BCUT2D eigenvalue weighted by atomic mass is 15.1. The molecule has 1 aromatic carbocycles. The molecule has 0 aliphatic heterocycles. The monoisotopic (exact) mass is 231 g/mol. The molecule has 0 fully saturated rings. The Hall–Kier alpha value is -0.980. The molecule has 0 spiro atoms. The van der Waals surface area contributed by atoms with E-state index < -0.39 is 0 Å². The van der Waals surface area contributed by atoms with E-state index in [1.165, 1.54) is 57.3 Å². The minimum Gasteiger partial charge on any atom is -0.372 e. The predicted octanol–water partition coefficient (Wildman–Crippen LogP) is 4.19. The van der Waals surface area contributed by atoms with E-state index in [2.05, 4.69) is 36.9 Å². The number of aryl methyl sites for hydroxylation is 2. The Morgan fingerprint density at radius 3 is 2.24 bits per heavy atom. The maximum atomic E-state index is 2.54. The molecule has 1 aliphatic rings. The highest BCUT2D eigenvalue weighted by Crippen LogP contribution is 2.26. The SMILES string of the molecule is CCCN(CCC)c1ccc2c(c1)CCCC2. The van der Waals surface area contributed by atoms with Crippen LogP contribution in [0.5, 0.6) is 0 Å². The zero-order valence-corrected chi connectivity index (χ0v) is 11.3. The summed E-state index contributed by atoms with van der Waals surface area (Å²) in [6.45, 7) is 6.90. The van der Waals surface area contributed by atoms with Gasteiger partial charge in [-0.1, -0.05) is 19.9 Å². The molecule has 1 aliphatic carbocycles. The number of benzene rings is 1. The highest BCUT2D eigenvalue weighted by molar-refractivity contribution is 5.51. The van der Waals surface area contributed by atoms with Crippen LogP contribution in [0.2, 0.25) is 0 Å². The van der Waals surface area contributed by atoms with Gasteiger partial charge in [0.15, 0.2) is 0 Å². The average Bonchev–Trinajstić information content (AvgIpc) is 2.38. The van der Waals surface area contributed by atoms with E-state index >= 15 is 0 Å². The lowest BCUT2D eigenvalue weighted by Gasteiger charge is -2.26. The van der Waals surface area contributed by atoms with Crippen LogP contribution in [-0.2, 0) is 12.8 Å². The molecular weight excluding hydrogens is 206 g/mol. The predicted molar refractivity (Wildman–Crippen MR) is 75.9 cm³/mol. The summed E-state index contributed by atoms with van der Waals surface area (Å²) >= 11 is 0. The molecule has 1 heteroatoms. The van der Waals surface area contributed by atoms with Crippen LogP contribution < -0.4 is 4.90 Å². The minimum absolute atomic E-state index is 1.19. The molecule has 94 valence electrons. The lowest BCUT2D eigenvalue weighted by atomic mass is 9.91. The van der Waals surface area contributed by atoms with Crippen LogP contribution in [-0.4, -0.2) is 13.1 Å². The fourth-order valence-electron chi connectivity index (χ4n) is 2.83. The van der Waals surface area contributed by atoms with Gasteiger partial charge in [0.25, 0.3) is 0 Å². The van der Waals surface area contributed by atoms with Crippen LogP contribution in [0.3, 0.4) is 0 Å². The van der Waals surface area contributed by atoms with Crippen LogP contribution in [0, 0.1) is 0 Å². The van der Waals surface area contributed by atoms with Gasteiger partial charge in [0.05, 0.1) is 0 Å². The number of hydrogen-bond acceptors (Lipinski definition) is 1. The first-order valence-electron chi connectivity index (χ1n) is 7.22. The van der Waals surface area contributed by atoms with Crippen LogP contribution in [0.25, 0.3) is 0 Å². The summed E-state index contributed by atoms with van der Waals surface area (Å²) in [7, 11) is 0. The first-order valence-corrected chi connectivity index (χ1v) is 7.22. The van der Waals surface area contributed by atoms with Crippen LogP contribution in [0.1, 0.15) is 50.7 Å². The van der Waals surface area contributed by atoms with Crippen molar-refractivity contribution in [1.29, 1.82) is 0 Å². The second kappa shape index (κ2) is 6.09. The number of anilines is 1. The van der Waals surface area contributed by atoms with Crippen LogP contribution >= 0.6 is 0 Å². The van der Waals surface area contributed by atoms with Gasteiger partial charge in [-0.05, 0) is 61.8 Å². The Balaban J connectivity index is 2.18. The first kappa shape index (κ1) is 12.5. The lowest BCUT2D eigenvalue weighted by molar-refractivity contribution is 0.683. The summed E-state index contributed by atoms with van der Waals surface area (Å²) in [6, 6.07) is 7.14. The molecule has 0 N–H and O–H groups in total. The molecule has 0 atom stereocenters. The molecule has 1 aromatic rings. The Bertz CT molecular complexity index is 351. The van der Waals surface area contributed by atoms with Crippen molar-refractivity contribution in [3.05, 3.63) is 29.3 Å². The molecule has 0 radical (unpaired) electrons. The Morgan fingerprint density at radius 2 is 1.59 bits per heavy atom. The van der Waals surface area contributed by atoms with Gasteiger partial charge in [0.1, 0.15) is 0 Å². The van der Waals surface area contributed by atoms with Crippen molar-refractivity contribution < 1.29 is 0 Å². The summed E-state index contributed by atoms with van der Waals surface area (Å²) in [5, 5.41) is 0. The fraction of sp³-hybridized carbons (Fsp3) is 0.625. The van der Waals surface area contributed by atoms with Gasteiger partial charge in [0.2, 0.25) is 0 Å². The van der Waals surface area contributed by atoms with Gasteiger partial charge >= 0.3 is 0 Å². The molecule has 0 amide bonds.